The van der Waals surface area contributed by atoms with E-state index in [2.05, 4.69) is 39.5 Å². The zero-order chi connectivity index (χ0) is 13.5. The van der Waals surface area contributed by atoms with Crippen molar-refractivity contribution in [2.24, 2.45) is 10.7 Å². The Morgan fingerprint density at radius 2 is 1.89 bits per heavy atom. The van der Waals surface area contributed by atoms with Crippen LogP contribution in [0.1, 0.15) is 11.1 Å². The highest BCUT2D eigenvalue weighted by molar-refractivity contribution is 5.77. The second kappa shape index (κ2) is 7.11. The molecule has 5 heteroatoms. The summed E-state index contributed by atoms with van der Waals surface area (Å²) in [6.07, 6.45) is 0. The number of nitrogens with zero attached hydrogens (tertiary/aromatic N) is 2. The molecule has 0 aliphatic carbocycles. The molecule has 1 aromatic rings. The molecule has 1 heterocycles. The number of benzene rings is 1. The van der Waals surface area contributed by atoms with Gasteiger partial charge in [-0.15, -0.1) is 0 Å². The number of morpholine rings is 1. The van der Waals surface area contributed by atoms with Crippen LogP contribution in [0.2, 0.25) is 0 Å². The molecule has 3 N–H and O–H groups in total. The maximum absolute atomic E-state index is 5.59. The van der Waals surface area contributed by atoms with E-state index in [0.717, 1.165) is 32.8 Å². The summed E-state index contributed by atoms with van der Waals surface area (Å²) in [5, 5.41) is 3.05. The monoisotopic (exact) mass is 262 g/mol. The predicted octanol–water partition coefficient (Wildman–Crippen LogP) is 0.553. The summed E-state index contributed by atoms with van der Waals surface area (Å²) < 4.78 is 5.35. The van der Waals surface area contributed by atoms with E-state index in [1.165, 1.54) is 11.1 Å². The average Bonchev–Trinajstić information content (AvgIpc) is 2.47. The van der Waals surface area contributed by atoms with Crippen LogP contribution in [-0.2, 0) is 17.8 Å². The lowest BCUT2D eigenvalue weighted by atomic mass is 10.1. The lowest BCUT2D eigenvalue weighted by Gasteiger charge is -2.26. The number of hydrogen-bond donors (Lipinski definition) is 2. The van der Waals surface area contributed by atoms with Crippen LogP contribution >= 0.6 is 0 Å². The van der Waals surface area contributed by atoms with Crippen LogP contribution in [0, 0.1) is 0 Å². The third kappa shape index (κ3) is 4.54. The third-order valence-corrected chi connectivity index (χ3v) is 3.25. The Bertz CT molecular complexity index is 410. The SMILES string of the molecule is CN=C(N)NCc1ccc(CN2CCOCC2)cc1. The average molecular weight is 262 g/mol. The van der Waals surface area contributed by atoms with Crippen molar-refractivity contribution in [2.75, 3.05) is 33.4 Å². The zero-order valence-corrected chi connectivity index (χ0v) is 11.4. The quantitative estimate of drug-likeness (QED) is 0.614. The van der Waals surface area contributed by atoms with E-state index < -0.39 is 0 Å². The van der Waals surface area contributed by atoms with Crippen LogP contribution in [0.3, 0.4) is 0 Å². The molecule has 2 rings (SSSR count). The van der Waals surface area contributed by atoms with Crippen molar-refractivity contribution in [3.63, 3.8) is 0 Å². The molecule has 0 bridgehead atoms. The van der Waals surface area contributed by atoms with Gasteiger partial charge in [0.2, 0.25) is 0 Å². The van der Waals surface area contributed by atoms with Crippen molar-refractivity contribution in [2.45, 2.75) is 13.1 Å². The number of guanidine groups is 1. The van der Waals surface area contributed by atoms with Crippen molar-refractivity contribution >= 4 is 5.96 Å². The lowest BCUT2D eigenvalue weighted by Crippen LogP contribution is -2.35. The molecule has 5 nitrogen and oxygen atoms in total. The number of nitrogens with one attached hydrogen (secondary N) is 1. The Morgan fingerprint density at radius 3 is 2.53 bits per heavy atom. The Morgan fingerprint density at radius 1 is 1.26 bits per heavy atom. The summed E-state index contributed by atoms with van der Waals surface area (Å²) in [6, 6.07) is 8.61. The summed E-state index contributed by atoms with van der Waals surface area (Å²) in [7, 11) is 1.67. The van der Waals surface area contributed by atoms with E-state index in [9.17, 15) is 0 Å². The standard InChI is InChI=1S/C14H22N4O/c1-16-14(15)17-10-12-2-4-13(5-3-12)11-18-6-8-19-9-7-18/h2-5H,6-11H2,1H3,(H3,15,16,17). The number of aliphatic imine (C=N–C) groups is 1. The molecule has 0 saturated carbocycles. The molecule has 0 amide bonds. The summed E-state index contributed by atoms with van der Waals surface area (Å²) >= 11 is 0. The van der Waals surface area contributed by atoms with Crippen molar-refractivity contribution in [1.82, 2.24) is 10.2 Å². The minimum atomic E-state index is 0.470. The second-order valence-corrected chi connectivity index (χ2v) is 4.67. The first kappa shape index (κ1) is 13.8. The molecular formula is C14H22N4O. The minimum absolute atomic E-state index is 0.470. The van der Waals surface area contributed by atoms with Gasteiger partial charge in [-0.25, -0.2) is 0 Å². The van der Waals surface area contributed by atoms with Crippen molar-refractivity contribution in [3.8, 4) is 0 Å². The zero-order valence-electron chi connectivity index (χ0n) is 11.4. The van der Waals surface area contributed by atoms with Crippen molar-refractivity contribution < 1.29 is 4.74 Å². The molecule has 0 spiro atoms. The number of hydrogen-bond acceptors (Lipinski definition) is 3. The van der Waals surface area contributed by atoms with Gasteiger partial charge >= 0.3 is 0 Å². The summed E-state index contributed by atoms with van der Waals surface area (Å²) in [5.74, 6) is 0.470. The fourth-order valence-corrected chi connectivity index (χ4v) is 2.05. The highest BCUT2D eigenvalue weighted by atomic mass is 16.5. The molecular weight excluding hydrogens is 240 g/mol. The van der Waals surface area contributed by atoms with Crippen molar-refractivity contribution in [3.05, 3.63) is 35.4 Å². The Balaban J connectivity index is 1.83. The summed E-state index contributed by atoms with van der Waals surface area (Å²) in [6.45, 7) is 5.44. The van der Waals surface area contributed by atoms with Crippen molar-refractivity contribution in [1.29, 1.82) is 0 Å². The highest BCUT2D eigenvalue weighted by Gasteiger charge is 2.10. The van der Waals surface area contributed by atoms with Gasteiger partial charge in [0, 0.05) is 33.2 Å². The fraction of sp³-hybridized carbons (Fsp3) is 0.500. The van der Waals surface area contributed by atoms with E-state index >= 15 is 0 Å². The van der Waals surface area contributed by atoms with Crippen LogP contribution in [-0.4, -0.2) is 44.2 Å². The summed E-state index contributed by atoms with van der Waals surface area (Å²) in [5.41, 5.74) is 8.14. The van der Waals surface area contributed by atoms with Gasteiger partial charge < -0.3 is 15.8 Å². The van der Waals surface area contributed by atoms with Gasteiger partial charge in [-0.05, 0) is 11.1 Å². The largest absolute Gasteiger partial charge is 0.379 e. The number of ether oxygens (including phenoxy) is 1. The molecule has 1 saturated heterocycles. The normalized spacial score (nSPS) is 17.4. The lowest BCUT2D eigenvalue weighted by molar-refractivity contribution is 0.0342. The Kier molecular flexibility index (Phi) is 5.18. The van der Waals surface area contributed by atoms with Crippen LogP contribution in [0.5, 0.6) is 0 Å². The van der Waals surface area contributed by atoms with E-state index in [0.29, 0.717) is 12.5 Å². The molecule has 1 aromatic carbocycles. The fourth-order valence-electron chi connectivity index (χ4n) is 2.05. The van der Waals surface area contributed by atoms with Gasteiger partial charge in [0.15, 0.2) is 5.96 Å². The highest BCUT2D eigenvalue weighted by Crippen LogP contribution is 2.09. The smallest absolute Gasteiger partial charge is 0.188 e. The molecule has 1 aliphatic rings. The van der Waals surface area contributed by atoms with Crippen LogP contribution in [0.15, 0.2) is 29.3 Å². The molecule has 0 unspecified atom stereocenters. The second-order valence-electron chi connectivity index (χ2n) is 4.67. The van der Waals surface area contributed by atoms with Crippen LogP contribution in [0.25, 0.3) is 0 Å². The number of rotatable bonds is 4. The van der Waals surface area contributed by atoms with Gasteiger partial charge in [-0.3, -0.25) is 9.89 Å². The molecule has 0 atom stereocenters. The maximum Gasteiger partial charge on any atom is 0.188 e. The summed E-state index contributed by atoms with van der Waals surface area (Å²) in [4.78, 5) is 6.28. The van der Waals surface area contributed by atoms with E-state index in [1.807, 2.05) is 0 Å². The first-order valence-electron chi connectivity index (χ1n) is 6.62. The van der Waals surface area contributed by atoms with E-state index in [4.69, 9.17) is 10.5 Å². The topological polar surface area (TPSA) is 62.9 Å². The van der Waals surface area contributed by atoms with Gasteiger partial charge in [0.05, 0.1) is 13.2 Å². The van der Waals surface area contributed by atoms with Crippen LogP contribution < -0.4 is 11.1 Å². The van der Waals surface area contributed by atoms with Gasteiger partial charge in [0.1, 0.15) is 0 Å². The van der Waals surface area contributed by atoms with Crippen LogP contribution in [0.4, 0.5) is 0 Å². The van der Waals surface area contributed by atoms with E-state index in [1.54, 1.807) is 7.05 Å². The molecule has 104 valence electrons. The molecule has 1 fully saturated rings. The van der Waals surface area contributed by atoms with Gasteiger partial charge in [0.25, 0.3) is 0 Å². The maximum atomic E-state index is 5.59. The predicted molar refractivity (Wildman–Crippen MR) is 76.9 cm³/mol. The molecule has 0 radical (unpaired) electrons. The Labute approximate surface area is 114 Å². The number of nitrogens with two attached hydrogens (primary N) is 1. The molecule has 19 heavy (non-hydrogen) atoms. The Hall–Kier alpha value is -1.59. The van der Waals surface area contributed by atoms with E-state index in [-0.39, 0.29) is 0 Å². The first-order chi connectivity index (χ1) is 9.28. The van der Waals surface area contributed by atoms with Gasteiger partial charge in [-0.1, -0.05) is 24.3 Å². The first-order valence-corrected chi connectivity index (χ1v) is 6.62. The molecule has 1 aliphatic heterocycles. The molecule has 0 aromatic heterocycles. The minimum Gasteiger partial charge on any atom is -0.379 e. The third-order valence-electron chi connectivity index (χ3n) is 3.25. The van der Waals surface area contributed by atoms with Gasteiger partial charge in [-0.2, -0.15) is 0 Å².